The number of nitrogens with zero attached hydrogens (tertiary/aromatic N) is 5. The van der Waals surface area contributed by atoms with Crippen molar-refractivity contribution in [3.05, 3.63) is 53.4 Å². The van der Waals surface area contributed by atoms with Crippen LogP contribution in [-0.4, -0.2) is 30.5 Å². The van der Waals surface area contributed by atoms with E-state index in [4.69, 9.17) is 0 Å². The number of aromatic nitrogens is 5. The topological polar surface area (TPSA) is 85.1 Å². The second-order valence-corrected chi connectivity index (χ2v) is 4.69. The molecule has 0 bridgehead atoms. The second-order valence-electron chi connectivity index (χ2n) is 4.69. The van der Waals surface area contributed by atoms with Crippen molar-refractivity contribution in [2.24, 2.45) is 0 Å². The normalized spacial score (nSPS) is 10.8. The summed E-state index contributed by atoms with van der Waals surface area (Å²) in [4.78, 5) is 24.6. The van der Waals surface area contributed by atoms with Gasteiger partial charge in [-0.15, -0.1) is 5.10 Å². The molecule has 3 aromatic heterocycles. The number of rotatable bonds is 3. The van der Waals surface area contributed by atoms with Crippen LogP contribution < -0.4 is 5.32 Å². The van der Waals surface area contributed by atoms with Gasteiger partial charge in [-0.1, -0.05) is 6.07 Å². The van der Waals surface area contributed by atoms with Gasteiger partial charge in [0.1, 0.15) is 0 Å². The molecule has 0 aliphatic rings. The molecule has 0 unspecified atom stereocenters. The van der Waals surface area contributed by atoms with Gasteiger partial charge < -0.3 is 5.32 Å². The molecule has 0 saturated carbocycles. The van der Waals surface area contributed by atoms with Crippen LogP contribution in [0.4, 0.5) is 0 Å². The number of aryl methyl sites for hydroxylation is 2. The van der Waals surface area contributed by atoms with E-state index < -0.39 is 0 Å². The summed E-state index contributed by atoms with van der Waals surface area (Å²) < 4.78 is 1.56. The quantitative estimate of drug-likeness (QED) is 0.776. The van der Waals surface area contributed by atoms with Gasteiger partial charge in [-0.05, 0) is 32.0 Å². The van der Waals surface area contributed by atoms with Gasteiger partial charge in [0.2, 0.25) is 5.82 Å². The molecule has 0 spiro atoms. The summed E-state index contributed by atoms with van der Waals surface area (Å²) in [5.74, 6) is 0.186. The summed E-state index contributed by atoms with van der Waals surface area (Å²) in [6, 6.07) is 7.42. The number of carbonyl (C=O) groups excluding carboxylic acids is 1. The Bertz CT molecular complexity index is 796. The van der Waals surface area contributed by atoms with Gasteiger partial charge in [-0.25, -0.2) is 9.50 Å². The summed E-state index contributed by atoms with van der Waals surface area (Å²) >= 11 is 0. The first-order valence-electron chi connectivity index (χ1n) is 6.52. The summed E-state index contributed by atoms with van der Waals surface area (Å²) in [7, 11) is 0. The van der Waals surface area contributed by atoms with Gasteiger partial charge in [0, 0.05) is 17.6 Å². The monoisotopic (exact) mass is 282 g/mol. The van der Waals surface area contributed by atoms with E-state index in [0.717, 1.165) is 17.1 Å². The summed E-state index contributed by atoms with van der Waals surface area (Å²) in [5.41, 5.74) is 2.50. The van der Waals surface area contributed by atoms with Gasteiger partial charge in [0.25, 0.3) is 11.7 Å². The molecule has 0 atom stereocenters. The number of amides is 1. The Labute approximate surface area is 121 Å². The molecule has 0 fully saturated rings. The fourth-order valence-corrected chi connectivity index (χ4v) is 2.02. The minimum absolute atomic E-state index is 0.104. The number of nitrogens with one attached hydrogen (secondary N) is 1. The molecule has 3 rings (SSSR count). The van der Waals surface area contributed by atoms with E-state index in [1.165, 1.54) is 0 Å². The molecule has 0 radical (unpaired) electrons. The molecule has 0 aliphatic heterocycles. The van der Waals surface area contributed by atoms with Crippen LogP contribution in [0, 0.1) is 13.8 Å². The Kier molecular flexibility index (Phi) is 3.31. The summed E-state index contributed by atoms with van der Waals surface area (Å²) in [6.07, 6.45) is 1.68. The van der Waals surface area contributed by atoms with Crippen molar-refractivity contribution in [1.29, 1.82) is 0 Å². The van der Waals surface area contributed by atoms with E-state index >= 15 is 0 Å². The molecule has 0 aromatic carbocycles. The van der Waals surface area contributed by atoms with E-state index in [0.29, 0.717) is 12.3 Å². The molecular weight excluding hydrogens is 268 g/mol. The lowest BCUT2D eigenvalue weighted by Crippen LogP contribution is -2.24. The first-order chi connectivity index (χ1) is 10.1. The lowest BCUT2D eigenvalue weighted by Gasteiger charge is -2.01. The van der Waals surface area contributed by atoms with Crippen molar-refractivity contribution in [1.82, 2.24) is 29.9 Å². The molecule has 3 heterocycles. The molecule has 21 heavy (non-hydrogen) atoms. The highest BCUT2D eigenvalue weighted by atomic mass is 16.2. The maximum atomic E-state index is 12.1. The largest absolute Gasteiger partial charge is 0.344 e. The first-order valence-corrected chi connectivity index (χ1v) is 6.52. The Morgan fingerprint density at radius 2 is 2.14 bits per heavy atom. The molecule has 1 N–H and O–H groups in total. The van der Waals surface area contributed by atoms with Gasteiger partial charge in [-0.3, -0.25) is 9.78 Å². The second kappa shape index (κ2) is 5.28. The molecule has 7 nitrogen and oxygen atoms in total. The zero-order chi connectivity index (χ0) is 14.8. The third-order valence-electron chi connectivity index (χ3n) is 2.98. The fourth-order valence-electron chi connectivity index (χ4n) is 2.02. The van der Waals surface area contributed by atoms with E-state index in [1.54, 1.807) is 10.7 Å². The predicted octanol–water partition coefficient (Wildman–Crippen LogP) is 1.07. The van der Waals surface area contributed by atoms with Crippen LogP contribution in [0.25, 0.3) is 5.78 Å². The highest BCUT2D eigenvalue weighted by molar-refractivity contribution is 5.90. The standard InChI is InChI=1S/C14H14N6O/c1-9-7-10(2)20-14(17-9)18-12(19-20)13(21)16-8-11-5-3-4-6-15-11/h3-7H,8H2,1-2H3,(H,16,21). The van der Waals surface area contributed by atoms with Crippen molar-refractivity contribution in [2.45, 2.75) is 20.4 Å². The number of pyridine rings is 1. The van der Waals surface area contributed by atoms with E-state index in [-0.39, 0.29) is 11.7 Å². The highest BCUT2D eigenvalue weighted by Gasteiger charge is 2.14. The molecule has 0 aliphatic carbocycles. The number of hydrogen-bond donors (Lipinski definition) is 1. The van der Waals surface area contributed by atoms with E-state index in [2.05, 4.69) is 25.4 Å². The summed E-state index contributed by atoms with van der Waals surface area (Å²) in [6.45, 7) is 4.11. The van der Waals surface area contributed by atoms with Gasteiger partial charge in [-0.2, -0.15) is 4.98 Å². The number of carbonyl (C=O) groups is 1. The maximum absolute atomic E-state index is 12.1. The van der Waals surface area contributed by atoms with Crippen LogP contribution in [0.2, 0.25) is 0 Å². The third-order valence-corrected chi connectivity index (χ3v) is 2.98. The van der Waals surface area contributed by atoms with Crippen molar-refractivity contribution in [3.8, 4) is 0 Å². The number of fused-ring (bicyclic) bond motifs is 1. The molecule has 106 valence electrons. The minimum Gasteiger partial charge on any atom is -0.344 e. The third kappa shape index (κ3) is 2.71. The zero-order valence-corrected chi connectivity index (χ0v) is 11.7. The fraction of sp³-hybridized carbons (Fsp3) is 0.214. The van der Waals surface area contributed by atoms with Crippen LogP contribution in [0.3, 0.4) is 0 Å². The van der Waals surface area contributed by atoms with Gasteiger partial charge in [0.05, 0.1) is 12.2 Å². The smallest absolute Gasteiger partial charge is 0.291 e. The van der Waals surface area contributed by atoms with Crippen molar-refractivity contribution < 1.29 is 4.79 Å². The highest BCUT2D eigenvalue weighted by Crippen LogP contribution is 2.05. The predicted molar refractivity (Wildman–Crippen MR) is 75.7 cm³/mol. The van der Waals surface area contributed by atoms with Crippen LogP contribution in [0.15, 0.2) is 30.5 Å². The Morgan fingerprint density at radius 3 is 2.90 bits per heavy atom. The van der Waals surface area contributed by atoms with Crippen LogP contribution in [0.5, 0.6) is 0 Å². The molecule has 7 heteroatoms. The van der Waals surface area contributed by atoms with Crippen LogP contribution >= 0.6 is 0 Å². The lowest BCUT2D eigenvalue weighted by atomic mass is 10.3. The van der Waals surface area contributed by atoms with E-state index in [9.17, 15) is 4.79 Å². The lowest BCUT2D eigenvalue weighted by molar-refractivity contribution is 0.0940. The van der Waals surface area contributed by atoms with Gasteiger partial charge in [0.15, 0.2) is 0 Å². The van der Waals surface area contributed by atoms with Crippen molar-refractivity contribution >= 4 is 11.7 Å². The van der Waals surface area contributed by atoms with Crippen LogP contribution in [-0.2, 0) is 6.54 Å². The minimum atomic E-state index is -0.344. The zero-order valence-electron chi connectivity index (χ0n) is 11.7. The average molecular weight is 282 g/mol. The number of hydrogen-bond acceptors (Lipinski definition) is 5. The molecule has 3 aromatic rings. The first kappa shape index (κ1) is 13.2. The summed E-state index contributed by atoms with van der Waals surface area (Å²) in [5, 5.41) is 6.92. The van der Waals surface area contributed by atoms with Crippen molar-refractivity contribution in [3.63, 3.8) is 0 Å². The van der Waals surface area contributed by atoms with Crippen molar-refractivity contribution in [2.75, 3.05) is 0 Å². The Balaban J connectivity index is 1.80. The van der Waals surface area contributed by atoms with Crippen LogP contribution in [0.1, 0.15) is 27.7 Å². The maximum Gasteiger partial charge on any atom is 0.291 e. The van der Waals surface area contributed by atoms with E-state index in [1.807, 2.05) is 38.1 Å². The SMILES string of the molecule is Cc1cc(C)n2nc(C(=O)NCc3ccccn3)nc2n1. The van der Waals surface area contributed by atoms with Gasteiger partial charge >= 0.3 is 0 Å². The average Bonchev–Trinajstić information content (AvgIpc) is 2.90. The Morgan fingerprint density at radius 1 is 1.29 bits per heavy atom. The Hall–Kier alpha value is -2.83. The molecule has 0 saturated heterocycles. The molecular formula is C14H14N6O. The molecule has 1 amide bonds.